The van der Waals surface area contributed by atoms with Crippen molar-refractivity contribution >= 4 is 11.0 Å². The lowest BCUT2D eigenvalue weighted by Crippen LogP contribution is -2.01. The van der Waals surface area contributed by atoms with Crippen LogP contribution in [0.4, 0.5) is 0 Å². The fraction of sp³-hybridized carbons (Fsp3) is 0.0556. The van der Waals surface area contributed by atoms with Gasteiger partial charge in [0.15, 0.2) is 11.0 Å². The van der Waals surface area contributed by atoms with Crippen LogP contribution in [-0.2, 0) is 0 Å². The number of benzene rings is 1. The van der Waals surface area contributed by atoms with E-state index in [0.717, 1.165) is 16.7 Å². The van der Waals surface area contributed by atoms with Crippen LogP contribution >= 0.6 is 0 Å². The van der Waals surface area contributed by atoms with E-state index in [1.807, 2.05) is 31.2 Å². The van der Waals surface area contributed by atoms with Gasteiger partial charge >= 0.3 is 0 Å². The minimum absolute atomic E-state index is 0.0989. The van der Waals surface area contributed by atoms with E-state index in [0.29, 0.717) is 22.4 Å². The first-order valence-corrected chi connectivity index (χ1v) is 7.21. The summed E-state index contributed by atoms with van der Waals surface area (Å²) in [7, 11) is 0. The van der Waals surface area contributed by atoms with Crippen molar-refractivity contribution in [1.82, 2.24) is 15.2 Å². The molecule has 5 nitrogen and oxygen atoms in total. The second-order valence-electron chi connectivity index (χ2n) is 5.36. The highest BCUT2D eigenvalue weighted by atomic mass is 16.3. The van der Waals surface area contributed by atoms with Crippen molar-refractivity contribution in [3.05, 3.63) is 70.8 Å². The van der Waals surface area contributed by atoms with Crippen molar-refractivity contribution in [3.8, 4) is 22.6 Å². The van der Waals surface area contributed by atoms with Gasteiger partial charge in [-0.15, -0.1) is 0 Å². The Bertz CT molecular complexity index is 1030. The van der Waals surface area contributed by atoms with Crippen molar-refractivity contribution in [2.45, 2.75) is 6.92 Å². The zero-order chi connectivity index (χ0) is 15.8. The second-order valence-corrected chi connectivity index (χ2v) is 5.36. The summed E-state index contributed by atoms with van der Waals surface area (Å²) >= 11 is 0. The first-order chi connectivity index (χ1) is 11.2. The number of nitrogens with zero attached hydrogens (tertiary/aromatic N) is 2. The first-order valence-electron chi connectivity index (χ1n) is 7.21. The number of rotatable bonds is 2. The van der Waals surface area contributed by atoms with E-state index in [1.165, 1.54) is 6.07 Å². The van der Waals surface area contributed by atoms with E-state index in [2.05, 4.69) is 15.2 Å². The zero-order valence-corrected chi connectivity index (χ0v) is 12.4. The lowest BCUT2D eigenvalue weighted by Gasteiger charge is -2.06. The third-order valence-corrected chi connectivity index (χ3v) is 3.75. The Kier molecular flexibility index (Phi) is 3.05. The number of H-pyrrole nitrogens is 1. The normalized spacial score (nSPS) is 11.0. The van der Waals surface area contributed by atoms with Crippen LogP contribution < -0.4 is 5.43 Å². The smallest absolute Gasteiger partial charge is 0.193 e. The van der Waals surface area contributed by atoms with Crippen LogP contribution in [0.15, 0.2) is 64.2 Å². The van der Waals surface area contributed by atoms with Gasteiger partial charge in [-0.25, -0.2) is 0 Å². The third-order valence-electron chi connectivity index (χ3n) is 3.75. The van der Waals surface area contributed by atoms with Gasteiger partial charge in [0.05, 0.1) is 17.1 Å². The van der Waals surface area contributed by atoms with Crippen LogP contribution in [0.5, 0.6) is 0 Å². The molecule has 0 spiro atoms. The number of fused-ring (bicyclic) bond motifs is 1. The molecule has 4 aromatic rings. The third kappa shape index (κ3) is 2.32. The van der Waals surface area contributed by atoms with Crippen molar-refractivity contribution < 1.29 is 4.42 Å². The zero-order valence-electron chi connectivity index (χ0n) is 12.4. The van der Waals surface area contributed by atoms with Gasteiger partial charge in [-0.05, 0) is 13.0 Å². The first kappa shape index (κ1) is 13.5. The van der Waals surface area contributed by atoms with E-state index in [1.54, 1.807) is 24.7 Å². The van der Waals surface area contributed by atoms with Crippen LogP contribution in [0, 0.1) is 6.92 Å². The monoisotopic (exact) mass is 303 g/mol. The van der Waals surface area contributed by atoms with Crippen molar-refractivity contribution in [1.29, 1.82) is 0 Å². The fourth-order valence-electron chi connectivity index (χ4n) is 2.53. The Labute approximate surface area is 131 Å². The number of aryl methyl sites for hydroxylation is 1. The van der Waals surface area contributed by atoms with E-state index >= 15 is 0 Å². The molecule has 23 heavy (non-hydrogen) atoms. The summed E-state index contributed by atoms with van der Waals surface area (Å²) in [5, 5.41) is 7.13. The molecule has 4 rings (SSSR count). The van der Waals surface area contributed by atoms with Gasteiger partial charge in [0.25, 0.3) is 0 Å². The van der Waals surface area contributed by atoms with Crippen LogP contribution in [0.3, 0.4) is 0 Å². The van der Waals surface area contributed by atoms with E-state index in [4.69, 9.17) is 4.42 Å². The molecule has 1 aromatic carbocycles. The maximum Gasteiger partial charge on any atom is 0.193 e. The van der Waals surface area contributed by atoms with Crippen molar-refractivity contribution in [2.75, 3.05) is 0 Å². The molecule has 0 unspecified atom stereocenters. The van der Waals surface area contributed by atoms with Crippen LogP contribution in [0.2, 0.25) is 0 Å². The van der Waals surface area contributed by atoms with Gasteiger partial charge < -0.3 is 4.42 Å². The predicted molar refractivity (Wildman–Crippen MR) is 88.0 cm³/mol. The van der Waals surface area contributed by atoms with Crippen molar-refractivity contribution in [2.24, 2.45) is 0 Å². The average Bonchev–Trinajstić information content (AvgIpc) is 3.10. The number of nitrogens with one attached hydrogen (secondary N) is 1. The molecule has 0 atom stereocenters. The van der Waals surface area contributed by atoms with Gasteiger partial charge in [0.2, 0.25) is 0 Å². The fourth-order valence-corrected chi connectivity index (χ4v) is 2.53. The van der Waals surface area contributed by atoms with Crippen LogP contribution in [-0.4, -0.2) is 15.2 Å². The molecule has 3 heterocycles. The molecule has 0 aliphatic heterocycles. The van der Waals surface area contributed by atoms with Crippen LogP contribution in [0.25, 0.3) is 33.6 Å². The van der Waals surface area contributed by atoms with Crippen LogP contribution in [0.1, 0.15) is 5.56 Å². The summed E-state index contributed by atoms with van der Waals surface area (Å²) in [5.74, 6) is 0.470. The highest BCUT2D eigenvalue weighted by Gasteiger charge is 2.13. The average molecular weight is 303 g/mol. The van der Waals surface area contributed by atoms with Gasteiger partial charge in [0.1, 0.15) is 11.5 Å². The number of pyridine rings is 1. The molecule has 0 amide bonds. The maximum absolute atomic E-state index is 12.4. The molecule has 0 aliphatic carbocycles. The van der Waals surface area contributed by atoms with E-state index in [-0.39, 0.29) is 5.43 Å². The molecule has 112 valence electrons. The molecular formula is C18H13N3O2. The number of hydrogen-bond acceptors (Lipinski definition) is 4. The standard InChI is InChI=1S/C18H13N3O2/c1-11-2-4-12(5-3-11)17-18-14(6-7-19-17)15(22)8-16(23-18)13-9-20-21-10-13/h2-10H,1H3,(H,20,21). The largest absolute Gasteiger partial charge is 0.453 e. The Morgan fingerprint density at radius 1 is 1.09 bits per heavy atom. The molecule has 0 bridgehead atoms. The molecule has 3 aromatic heterocycles. The lowest BCUT2D eigenvalue weighted by atomic mass is 10.1. The van der Waals surface area contributed by atoms with Gasteiger partial charge in [-0.2, -0.15) is 5.10 Å². The summed E-state index contributed by atoms with van der Waals surface area (Å²) in [6.45, 7) is 2.03. The molecule has 0 aliphatic rings. The SMILES string of the molecule is Cc1ccc(-c2nccc3c(=O)cc(-c4cn[nH]c4)oc23)cc1. The number of hydrogen-bond donors (Lipinski definition) is 1. The molecule has 0 radical (unpaired) electrons. The Hall–Kier alpha value is -3.21. The van der Waals surface area contributed by atoms with Gasteiger partial charge in [-0.3, -0.25) is 14.9 Å². The quantitative estimate of drug-likeness (QED) is 0.614. The highest BCUT2D eigenvalue weighted by Crippen LogP contribution is 2.28. The van der Waals surface area contributed by atoms with Gasteiger partial charge in [-0.1, -0.05) is 29.8 Å². The van der Waals surface area contributed by atoms with E-state index < -0.39 is 0 Å². The molecule has 0 saturated heterocycles. The minimum atomic E-state index is -0.0989. The summed E-state index contributed by atoms with van der Waals surface area (Å²) in [6, 6.07) is 11.1. The number of aromatic amines is 1. The highest BCUT2D eigenvalue weighted by molar-refractivity contribution is 5.90. The summed E-state index contributed by atoms with van der Waals surface area (Å²) in [4.78, 5) is 16.8. The Balaban J connectivity index is 2.02. The molecular weight excluding hydrogens is 290 g/mol. The van der Waals surface area contributed by atoms with Gasteiger partial charge in [0, 0.05) is 24.0 Å². The molecule has 0 fully saturated rings. The molecule has 5 heteroatoms. The summed E-state index contributed by atoms with van der Waals surface area (Å²) < 4.78 is 5.98. The topological polar surface area (TPSA) is 71.8 Å². The molecule has 1 N–H and O–H groups in total. The second kappa shape index (κ2) is 5.21. The summed E-state index contributed by atoms with van der Waals surface area (Å²) in [6.07, 6.45) is 4.93. The minimum Gasteiger partial charge on any atom is -0.453 e. The Morgan fingerprint density at radius 3 is 2.65 bits per heavy atom. The van der Waals surface area contributed by atoms with E-state index in [9.17, 15) is 4.79 Å². The lowest BCUT2D eigenvalue weighted by molar-refractivity contribution is 0.618. The Morgan fingerprint density at radius 2 is 1.91 bits per heavy atom. The number of aromatic nitrogens is 3. The maximum atomic E-state index is 12.4. The predicted octanol–water partition coefficient (Wildman–Crippen LogP) is 3.55. The van der Waals surface area contributed by atoms with Crippen molar-refractivity contribution in [3.63, 3.8) is 0 Å². The summed E-state index contributed by atoms with van der Waals surface area (Å²) in [5.41, 5.74) is 3.84. The molecule has 0 saturated carbocycles.